The molecular formula is C16H16ClN3O5S2. The Bertz CT molecular complexity index is 954. The SMILES string of the molecule is O=C(c1ccc(Cl)cc1[N+](=O)[O-])N1CCC(NS(=O)(=O)c2cccs2)CC1. The van der Waals surface area contributed by atoms with Crippen molar-refractivity contribution in [3.63, 3.8) is 0 Å². The lowest BCUT2D eigenvalue weighted by Gasteiger charge is -2.32. The first kappa shape index (κ1) is 19.7. The quantitative estimate of drug-likeness (QED) is 0.580. The zero-order valence-corrected chi connectivity index (χ0v) is 16.4. The number of hydrogen-bond donors (Lipinski definition) is 1. The highest BCUT2D eigenvalue weighted by molar-refractivity contribution is 7.91. The molecule has 27 heavy (non-hydrogen) atoms. The Balaban J connectivity index is 1.66. The predicted molar refractivity (Wildman–Crippen MR) is 102 cm³/mol. The molecule has 1 aromatic heterocycles. The third-order valence-electron chi connectivity index (χ3n) is 4.25. The van der Waals surface area contributed by atoms with Crippen LogP contribution < -0.4 is 4.72 Å². The van der Waals surface area contributed by atoms with Crippen LogP contribution in [-0.4, -0.2) is 43.3 Å². The van der Waals surface area contributed by atoms with Crippen LogP contribution in [0, 0.1) is 10.1 Å². The Labute approximate surface area is 165 Å². The van der Waals surface area contributed by atoms with Crippen molar-refractivity contribution in [1.29, 1.82) is 0 Å². The Kier molecular flexibility index (Phi) is 5.80. The molecule has 2 aromatic rings. The molecule has 0 radical (unpaired) electrons. The standard InChI is InChI=1S/C16H16ClN3O5S2/c17-11-3-4-13(14(10-11)20(22)23)16(21)19-7-5-12(6-8-19)18-27(24,25)15-2-1-9-26-15/h1-4,9-10,12,18H,5-8H2. The van der Waals surface area contributed by atoms with Gasteiger partial charge in [-0.15, -0.1) is 11.3 Å². The molecule has 1 fully saturated rings. The summed E-state index contributed by atoms with van der Waals surface area (Å²) >= 11 is 6.92. The van der Waals surface area contributed by atoms with Crippen LogP contribution in [0.4, 0.5) is 5.69 Å². The third kappa shape index (κ3) is 4.46. The summed E-state index contributed by atoms with van der Waals surface area (Å²) < 4.78 is 27.5. The van der Waals surface area contributed by atoms with Crippen LogP contribution in [0.1, 0.15) is 23.2 Å². The molecule has 0 aliphatic carbocycles. The lowest BCUT2D eigenvalue weighted by atomic mass is 10.0. The number of amides is 1. The first-order chi connectivity index (χ1) is 12.8. The molecule has 0 saturated carbocycles. The summed E-state index contributed by atoms with van der Waals surface area (Å²) in [6, 6.07) is 6.83. The molecule has 144 valence electrons. The number of nitrogens with one attached hydrogen (secondary N) is 1. The zero-order chi connectivity index (χ0) is 19.6. The van der Waals surface area contributed by atoms with Crippen molar-refractivity contribution < 1.29 is 18.1 Å². The summed E-state index contributed by atoms with van der Waals surface area (Å²) in [5, 5.41) is 13.1. The first-order valence-electron chi connectivity index (χ1n) is 8.07. The molecule has 11 heteroatoms. The fraction of sp³-hybridized carbons (Fsp3) is 0.312. The van der Waals surface area contributed by atoms with E-state index < -0.39 is 20.9 Å². The molecule has 0 unspecified atom stereocenters. The van der Waals surface area contributed by atoms with Crippen molar-refractivity contribution in [2.24, 2.45) is 0 Å². The number of hydrogen-bond acceptors (Lipinski definition) is 6. The van der Waals surface area contributed by atoms with Gasteiger partial charge in [-0.1, -0.05) is 17.7 Å². The minimum Gasteiger partial charge on any atom is -0.338 e. The maximum atomic E-state index is 12.7. The summed E-state index contributed by atoms with van der Waals surface area (Å²) in [4.78, 5) is 24.7. The summed E-state index contributed by atoms with van der Waals surface area (Å²) in [5.74, 6) is -0.460. The van der Waals surface area contributed by atoms with Gasteiger partial charge in [0, 0.05) is 30.2 Å². The number of rotatable bonds is 5. The third-order valence-corrected chi connectivity index (χ3v) is 7.40. The number of nitrogens with zero attached hydrogens (tertiary/aromatic N) is 2. The largest absolute Gasteiger partial charge is 0.338 e. The van der Waals surface area contributed by atoms with Gasteiger partial charge in [0.1, 0.15) is 9.77 Å². The second-order valence-corrected chi connectivity index (χ2v) is 9.36. The Morgan fingerprint density at radius 1 is 1.30 bits per heavy atom. The highest BCUT2D eigenvalue weighted by Gasteiger charge is 2.30. The van der Waals surface area contributed by atoms with Crippen LogP contribution in [0.3, 0.4) is 0 Å². The van der Waals surface area contributed by atoms with Crippen molar-refractivity contribution in [2.75, 3.05) is 13.1 Å². The highest BCUT2D eigenvalue weighted by Crippen LogP contribution is 2.26. The van der Waals surface area contributed by atoms with E-state index >= 15 is 0 Å². The van der Waals surface area contributed by atoms with E-state index in [0.717, 1.165) is 17.4 Å². The van der Waals surface area contributed by atoms with E-state index in [4.69, 9.17) is 11.6 Å². The van der Waals surface area contributed by atoms with E-state index in [9.17, 15) is 23.3 Å². The van der Waals surface area contributed by atoms with Gasteiger partial charge in [-0.3, -0.25) is 14.9 Å². The summed E-state index contributed by atoms with van der Waals surface area (Å²) in [6.45, 7) is 0.604. The highest BCUT2D eigenvalue weighted by atomic mass is 35.5. The maximum absolute atomic E-state index is 12.7. The molecule has 1 saturated heterocycles. The number of halogens is 1. The Morgan fingerprint density at radius 3 is 2.59 bits per heavy atom. The van der Waals surface area contributed by atoms with E-state index in [2.05, 4.69) is 4.72 Å². The van der Waals surface area contributed by atoms with Crippen LogP contribution in [0.25, 0.3) is 0 Å². The summed E-state index contributed by atoms with van der Waals surface area (Å²) in [6.07, 6.45) is 0.857. The number of nitro benzene ring substituents is 1. The fourth-order valence-corrected chi connectivity index (χ4v) is 5.38. The number of thiophene rings is 1. The number of piperidine rings is 1. The van der Waals surface area contributed by atoms with Gasteiger partial charge in [-0.2, -0.15) is 0 Å². The van der Waals surface area contributed by atoms with Crippen LogP contribution in [0.15, 0.2) is 39.9 Å². The normalized spacial score (nSPS) is 15.7. The van der Waals surface area contributed by atoms with Crippen molar-refractivity contribution in [3.8, 4) is 0 Å². The fourth-order valence-electron chi connectivity index (χ4n) is 2.90. The lowest BCUT2D eigenvalue weighted by molar-refractivity contribution is -0.385. The number of carbonyl (C=O) groups excluding carboxylic acids is 1. The minimum absolute atomic E-state index is 0.0259. The maximum Gasteiger partial charge on any atom is 0.283 e. The molecule has 1 aromatic carbocycles. The van der Waals surface area contributed by atoms with Crippen LogP contribution in [0.5, 0.6) is 0 Å². The Hall–Kier alpha value is -2.01. The topological polar surface area (TPSA) is 110 Å². The molecule has 1 aliphatic rings. The molecule has 1 amide bonds. The number of likely N-dealkylation sites (tertiary alicyclic amines) is 1. The van der Waals surface area contributed by atoms with Crippen molar-refractivity contribution in [2.45, 2.75) is 23.1 Å². The lowest BCUT2D eigenvalue weighted by Crippen LogP contribution is -2.46. The smallest absolute Gasteiger partial charge is 0.283 e. The van der Waals surface area contributed by atoms with E-state index in [-0.39, 0.29) is 26.5 Å². The molecule has 1 N–H and O–H groups in total. The summed E-state index contributed by atoms with van der Waals surface area (Å²) in [7, 11) is -3.57. The predicted octanol–water partition coefficient (Wildman–Crippen LogP) is 2.89. The van der Waals surface area contributed by atoms with Gasteiger partial charge in [0.15, 0.2) is 0 Å². The molecule has 0 spiro atoms. The Morgan fingerprint density at radius 2 is 2.00 bits per heavy atom. The van der Waals surface area contributed by atoms with Gasteiger partial charge in [0.05, 0.1) is 4.92 Å². The van der Waals surface area contributed by atoms with Gasteiger partial charge < -0.3 is 4.90 Å². The van der Waals surface area contributed by atoms with Crippen molar-refractivity contribution >= 4 is 44.6 Å². The van der Waals surface area contributed by atoms with E-state index in [0.29, 0.717) is 25.9 Å². The van der Waals surface area contributed by atoms with Gasteiger partial charge in [-0.05, 0) is 36.4 Å². The van der Waals surface area contributed by atoms with Crippen molar-refractivity contribution in [1.82, 2.24) is 9.62 Å². The zero-order valence-electron chi connectivity index (χ0n) is 14.0. The number of benzene rings is 1. The van der Waals surface area contributed by atoms with Crippen LogP contribution in [-0.2, 0) is 10.0 Å². The minimum atomic E-state index is -3.57. The van der Waals surface area contributed by atoms with Gasteiger partial charge in [0.2, 0.25) is 10.0 Å². The average Bonchev–Trinajstić information content (AvgIpc) is 3.17. The molecule has 1 aliphatic heterocycles. The number of sulfonamides is 1. The molecule has 8 nitrogen and oxygen atoms in total. The van der Waals surface area contributed by atoms with Gasteiger partial charge in [0.25, 0.3) is 11.6 Å². The monoisotopic (exact) mass is 429 g/mol. The first-order valence-corrected chi connectivity index (χ1v) is 10.8. The average molecular weight is 430 g/mol. The second-order valence-electron chi connectivity index (χ2n) is 6.04. The second kappa shape index (κ2) is 7.93. The van der Waals surface area contributed by atoms with Gasteiger partial charge in [-0.25, -0.2) is 13.1 Å². The van der Waals surface area contributed by atoms with Gasteiger partial charge >= 0.3 is 0 Å². The molecular weight excluding hydrogens is 414 g/mol. The molecule has 0 bridgehead atoms. The molecule has 2 heterocycles. The molecule has 3 rings (SSSR count). The van der Waals surface area contributed by atoms with Crippen LogP contribution in [0.2, 0.25) is 5.02 Å². The summed E-state index contributed by atoms with van der Waals surface area (Å²) in [5.41, 5.74) is -0.366. The van der Waals surface area contributed by atoms with E-state index in [1.807, 2.05) is 0 Å². The molecule has 0 atom stereocenters. The van der Waals surface area contributed by atoms with E-state index in [1.165, 1.54) is 23.1 Å². The number of carbonyl (C=O) groups is 1. The van der Waals surface area contributed by atoms with Crippen LogP contribution >= 0.6 is 22.9 Å². The van der Waals surface area contributed by atoms with E-state index in [1.54, 1.807) is 11.4 Å². The number of nitro groups is 1. The van der Waals surface area contributed by atoms with Crippen molar-refractivity contribution in [3.05, 3.63) is 56.4 Å².